The number of nitrogens with zero attached hydrogens (tertiary/aromatic N) is 1. The Kier molecular flexibility index (Phi) is 4.03. The highest BCUT2D eigenvalue weighted by atomic mass is 35.5. The Balaban J connectivity index is 2.96. The number of amidine groups is 1. The molecule has 0 fully saturated rings. The molecule has 7 heteroatoms. The van der Waals surface area contributed by atoms with Crippen LogP contribution in [-0.2, 0) is 0 Å². The minimum absolute atomic E-state index is 0.0539. The van der Waals surface area contributed by atoms with Crippen LogP contribution < -0.4 is 11.1 Å². The number of nitrogens with two attached hydrogens (primary N) is 1. The third kappa shape index (κ3) is 3.04. The lowest BCUT2D eigenvalue weighted by Crippen LogP contribution is -2.53. The number of hydrogen-bond donors (Lipinski definition) is 4. The first-order valence-corrected chi connectivity index (χ1v) is 5.44. The molecule has 1 aromatic carbocycles. The second kappa shape index (κ2) is 5.14. The molecule has 98 valence electrons. The lowest BCUT2D eigenvalue weighted by molar-refractivity contribution is 0.0928. The second-order valence-electron chi connectivity index (χ2n) is 4.23. The largest absolute Gasteiger partial charge is 0.507 e. The van der Waals surface area contributed by atoms with Gasteiger partial charge in [0.1, 0.15) is 5.75 Å². The number of halogens is 1. The highest BCUT2D eigenvalue weighted by molar-refractivity contribution is 6.30. The number of aromatic hydroxyl groups is 1. The number of nitrogens with one attached hydrogen (secondary N) is 1. The molecule has 0 spiro atoms. The summed E-state index contributed by atoms with van der Waals surface area (Å²) in [7, 11) is 0. The predicted octanol–water partition coefficient (Wildman–Crippen LogP) is 1.30. The topological polar surface area (TPSA) is 108 Å². The summed E-state index contributed by atoms with van der Waals surface area (Å²) in [5, 5.41) is 23.9. The van der Waals surface area contributed by atoms with Crippen LogP contribution in [-0.4, -0.2) is 27.6 Å². The molecule has 1 amide bonds. The molecule has 1 rings (SSSR count). The maximum atomic E-state index is 11.9. The standard InChI is InChI=1S/C11H14ClN3O3/c1-11(2,10(13)15-18)14-9(17)7-4-3-6(12)5-8(7)16/h3-5,16,18H,1-2H3,(H2,13,15)(H,14,17). The summed E-state index contributed by atoms with van der Waals surface area (Å²) >= 11 is 5.66. The number of rotatable bonds is 3. The van der Waals surface area contributed by atoms with Crippen molar-refractivity contribution in [2.75, 3.05) is 0 Å². The molecule has 5 N–H and O–H groups in total. The van der Waals surface area contributed by atoms with E-state index in [9.17, 15) is 9.90 Å². The Labute approximate surface area is 109 Å². The zero-order valence-corrected chi connectivity index (χ0v) is 10.7. The van der Waals surface area contributed by atoms with E-state index in [2.05, 4.69) is 10.5 Å². The maximum Gasteiger partial charge on any atom is 0.255 e. The van der Waals surface area contributed by atoms with Gasteiger partial charge in [-0.25, -0.2) is 0 Å². The van der Waals surface area contributed by atoms with Crippen molar-refractivity contribution in [3.8, 4) is 5.75 Å². The monoisotopic (exact) mass is 271 g/mol. The van der Waals surface area contributed by atoms with Gasteiger partial charge in [-0.2, -0.15) is 0 Å². The molecular weight excluding hydrogens is 258 g/mol. The van der Waals surface area contributed by atoms with Gasteiger partial charge < -0.3 is 21.4 Å². The number of benzene rings is 1. The first kappa shape index (κ1) is 14.1. The Morgan fingerprint density at radius 1 is 1.50 bits per heavy atom. The normalized spacial score (nSPS) is 12.3. The van der Waals surface area contributed by atoms with E-state index in [0.717, 1.165) is 0 Å². The fraction of sp³-hybridized carbons (Fsp3) is 0.273. The summed E-state index contributed by atoms with van der Waals surface area (Å²) in [6, 6.07) is 4.12. The lowest BCUT2D eigenvalue weighted by Gasteiger charge is -2.24. The van der Waals surface area contributed by atoms with Gasteiger partial charge in [0.2, 0.25) is 0 Å². The molecule has 0 heterocycles. The highest BCUT2D eigenvalue weighted by Gasteiger charge is 2.27. The SMILES string of the molecule is CC(C)(NC(=O)c1ccc(Cl)cc1O)/C(N)=N/O. The van der Waals surface area contributed by atoms with Crippen molar-refractivity contribution in [2.24, 2.45) is 10.9 Å². The molecule has 1 aromatic rings. The van der Waals surface area contributed by atoms with Gasteiger partial charge in [-0.1, -0.05) is 16.8 Å². The molecule has 0 aliphatic rings. The molecule has 0 bridgehead atoms. The van der Waals surface area contributed by atoms with Crippen LogP contribution in [0.4, 0.5) is 0 Å². The van der Waals surface area contributed by atoms with E-state index in [4.69, 9.17) is 22.5 Å². The van der Waals surface area contributed by atoms with Crippen LogP contribution in [0.5, 0.6) is 5.75 Å². The van der Waals surface area contributed by atoms with E-state index in [1.807, 2.05) is 0 Å². The molecule has 0 radical (unpaired) electrons. The molecule has 0 aliphatic heterocycles. The fourth-order valence-corrected chi connectivity index (χ4v) is 1.40. The van der Waals surface area contributed by atoms with Crippen molar-refractivity contribution in [1.29, 1.82) is 0 Å². The Bertz CT molecular complexity index is 500. The van der Waals surface area contributed by atoms with Gasteiger partial charge >= 0.3 is 0 Å². The zero-order valence-electron chi connectivity index (χ0n) is 9.94. The predicted molar refractivity (Wildman–Crippen MR) is 68.1 cm³/mol. The molecule has 0 saturated heterocycles. The molecule has 0 atom stereocenters. The Morgan fingerprint density at radius 2 is 2.11 bits per heavy atom. The number of amides is 1. The van der Waals surface area contributed by atoms with Crippen LogP contribution in [0, 0.1) is 0 Å². The Hall–Kier alpha value is -1.95. The van der Waals surface area contributed by atoms with Crippen molar-refractivity contribution in [2.45, 2.75) is 19.4 Å². The van der Waals surface area contributed by atoms with Crippen molar-refractivity contribution in [1.82, 2.24) is 5.32 Å². The number of hydrogen-bond acceptors (Lipinski definition) is 4. The Morgan fingerprint density at radius 3 is 2.61 bits per heavy atom. The van der Waals surface area contributed by atoms with E-state index < -0.39 is 11.4 Å². The molecule has 6 nitrogen and oxygen atoms in total. The van der Waals surface area contributed by atoms with E-state index in [-0.39, 0.29) is 17.1 Å². The quantitative estimate of drug-likeness (QED) is 0.288. The second-order valence-corrected chi connectivity index (χ2v) is 4.66. The number of carbonyl (C=O) groups is 1. The van der Waals surface area contributed by atoms with E-state index in [1.54, 1.807) is 13.8 Å². The van der Waals surface area contributed by atoms with Crippen LogP contribution in [0.25, 0.3) is 0 Å². The van der Waals surface area contributed by atoms with Gasteiger partial charge in [0.15, 0.2) is 5.84 Å². The van der Waals surface area contributed by atoms with Gasteiger partial charge in [-0.05, 0) is 32.0 Å². The summed E-state index contributed by atoms with van der Waals surface area (Å²) in [4.78, 5) is 11.9. The minimum Gasteiger partial charge on any atom is -0.507 e. The van der Waals surface area contributed by atoms with Crippen LogP contribution in [0.15, 0.2) is 23.4 Å². The highest BCUT2D eigenvalue weighted by Crippen LogP contribution is 2.22. The smallest absolute Gasteiger partial charge is 0.255 e. The van der Waals surface area contributed by atoms with E-state index in [1.165, 1.54) is 18.2 Å². The van der Waals surface area contributed by atoms with Gasteiger partial charge in [-0.15, -0.1) is 0 Å². The summed E-state index contributed by atoms with van der Waals surface area (Å²) in [6.45, 7) is 3.12. The fourth-order valence-electron chi connectivity index (χ4n) is 1.24. The number of phenols is 1. The van der Waals surface area contributed by atoms with Crippen LogP contribution in [0.1, 0.15) is 24.2 Å². The van der Waals surface area contributed by atoms with Crippen molar-refractivity contribution >= 4 is 23.3 Å². The van der Waals surface area contributed by atoms with Crippen molar-refractivity contribution < 1.29 is 15.1 Å². The molecule has 18 heavy (non-hydrogen) atoms. The summed E-state index contributed by atoms with van der Waals surface area (Å²) in [6.07, 6.45) is 0. The molecule has 0 unspecified atom stereocenters. The first-order valence-electron chi connectivity index (χ1n) is 5.07. The van der Waals surface area contributed by atoms with Gasteiger partial charge in [0.25, 0.3) is 5.91 Å². The van der Waals surface area contributed by atoms with E-state index >= 15 is 0 Å². The van der Waals surface area contributed by atoms with Crippen LogP contribution in [0.3, 0.4) is 0 Å². The maximum absolute atomic E-state index is 11.9. The summed E-state index contributed by atoms with van der Waals surface area (Å²) < 4.78 is 0. The average Bonchev–Trinajstić information content (AvgIpc) is 2.26. The van der Waals surface area contributed by atoms with Gasteiger partial charge in [0, 0.05) is 5.02 Å². The molecule has 0 saturated carbocycles. The van der Waals surface area contributed by atoms with E-state index in [0.29, 0.717) is 5.02 Å². The van der Waals surface area contributed by atoms with Crippen molar-refractivity contribution in [3.63, 3.8) is 0 Å². The number of phenolic OH excluding ortho intramolecular Hbond substituents is 1. The summed E-state index contributed by atoms with van der Waals surface area (Å²) in [5.41, 5.74) is 4.45. The number of carbonyl (C=O) groups excluding carboxylic acids is 1. The third-order valence-electron chi connectivity index (χ3n) is 2.38. The van der Waals surface area contributed by atoms with Crippen molar-refractivity contribution in [3.05, 3.63) is 28.8 Å². The van der Waals surface area contributed by atoms with Crippen LogP contribution in [0.2, 0.25) is 5.02 Å². The summed E-state index contributed by atoms with van der Waals surface area (Å²) in [5.74, 6) is -0.944. The zero-order chi connectivity index (χ0) is 13.9. The molecular formula is C11H14ClN3O3. The average molecular weight is 272 g/mol. The first-order chi connectivity index (χ1) is 8.27. The van der Waals surface area contributed by atoms with Gasteiger partial charge in [0.05, 0.1) is 11.1 Å². The van der Waals surface area contributed by atoms with Crippen LogP contribution >= 0.6 is 11.6 Å². The lowest BCUT2D eigenvalue weighted by atomic mass is 10.0. The number of oxime groups is 1. The minimum atomic E-state index is -1.04. The third-order valence-corrected chi connectivity index (χ3v) is 2.61. The molecule has 0 aliphatic carbocycles. The van der Waals surface area contributed by atoms with Gasteiger partial charge in [-0.3, -0.25) is 4.79 Å². The molecule has 0 aromatic heterocycles.